The Labute approximate surface area is 173 Å². The van der Waals surface area contributed by atoms with Crippen molar-refractivity contribution in [3.05, 3.63) is 60.2 Å². The van der Waals surface area contributed by atoms with Crippen molar-refractivity contribution in [1.29, 1.82) is 0 Å². The van der Waals surface area contributed by atoms with Gasteiger partial charge in [-0.05, 0) is 29.8 Å². The summed E-state index contributed by atoms with van der Waals surface area (Å²) in [5, 5.41) is 15.3. The van der Waals surface area contributed by atoms with E-state index in [4.69, 9.17) is 5.84 Å². The number of carbonyl (C=O) groups excluding carboxylic acids is 1. The van der Waals surface area contributed by atoms with E-state index in [1.807, 2.05) is 73.6 Å². The van der Waals surface area contributed by atoms with Gasteiger partial charge in [0.2, 0.25) is 11.1 Å². The van der Waals surface area contributed by atoms with Crippen LogP contribution in [0.4, 0.5) is 17.3 Å². The number of nitrogens with zero attached hydrogens (tertiary/aromatic N) is 5. The Balaban J connectivity index is 1.51. The number of rotatable bonds is 8. The number of carbonyl (C=O) groups is 1. The van der Waals surface area contributed by atoms with Crippen LogP contribution in [0.2, 0.25) is 0 Å². The first-order valence-electron chi connectivity index (χ1n) is 8.77. The molecular formula is C19H22N8OS. The highest BCUT2D eigenvalue weighted by molar-refractivity contribution is 7.99. The van der Waals surface area contributed by atoms with E-state index >= 15 is 0 Å². The molecule has 0 spiro atoms. The highest BCUT2D eigenvalue weighted by Gasteiger charge is 2.12. The maximum Gasteiger partial charge on any atom is 0.264 e. The lowest BCUT2D eigenvalue weighted by molar-refractivity contribution is -0.113. The summed E-state index contributed by atoms with van der Waals surface area (Å²) in [7, 11) is 3.97. The van der Waals surface area contributed by atoms with Crippen LogP contribution in [0, 0.1) is 0 Å². The van der Waals surface area contributed by atoms with Crippen LogP contribution >= 0.6 is 11.8 Å². The minimum absolute atomic E-state index is 0.155. The van der Waals surface area contributed by atoms with Gasteiger partial charge in [-0.15, -0.1) is 10.2 Å². The number of para-hydroxylation sites is 1. The van der Waals surface area contributed by atoms with E-state index in [0.717, 1.165) is 16.9 Å². The topological polar surface area (TPSA) is 113 Å². The van der Waals surface area contributed by atoms with E-state index in [-0.39, 0.29) is 17.6 Å². The molecule has 3 rings (SSSR count). The van der Waals surface area contributed by atoms with Gasteiger partial charge in [-0.3, -0.25) is 4.79 Å². The molecule has 9 nitrogen and oxygen atoms in total. The summed E-state index contributed by atoms with van der Waals surface area (Å²) in [4.78, 5) is 14.0. The molecular weight excluding hydrogens is 388 g/mol. The Bertz CT molecular complexity index is 970. The number of amides is 1. The Morgan fingerprint density at radius 2 is 1.90 bits per heavy atom. The number of hydrazone groups is 1. The van der Waals surface area contributed by atoms with Gasteiger partial charge in [-0.2, -0.15) is 5.10 Å². The fraction of sp³-hybridized carbons (Fsp3) is 0.158. The molecule has 0 aliphatic rings. The van der Waals surface area contributed by atoms with Crippen LogP contribution in [0.5, 0.6) is 0 Å². The van der Waals surface area contributed by atoms with Gasteiger partial charge < -0.3 is 16.1 Å². The van der Waals surface area contributed by atoms with Crippen molar-refractivity contribution in [3.8, 4) is 0 Å². The number of nitrogen functional groups attached to an aromatic ring is 1. The predicted octanol–water partition coefficient (Wildman–Crippen LogP) is 2.23. The number of anilines is 3. The molecule has 1 amide bonds. The van der Waals surface area contributed by atoms with Gasteiger partial charge in [-0.1, -0.05) is 42.1 Å². The largest absolute Gasteiger partial charge is 0.378 e. The average molecular weight is 411 g/mol. The second-order valence-corrected chi connectivity index (χ2v) is 7.18. The maximum atomic E-state index is 12.0. The molecule has 2 aromatic carbocycles. The Morgan fingerprint density at radius 1 is 1.17 bits per heavy atom. The maximum absolute atomic E-state index is 12.0. The third-order valence-corrected chi connectivity index (χ3v) is 4.79. The highest BCUT2D eigenvalue weighted by Crippen LogP contribution is 2.17. The van der Waals surface area contributed by atoms with Crippen molar-refractivity contribution < 1.29 is 4.79 Å². The van der Waals surface area contributed by atoms with Crippen LogP contribution in [0.3, 0.4) is 0 Å². The molecule has 150 valence electrons. The van der Waals surface area contributed by atoms with Gasteiger partial charge in [0.05, 0.1) is 12.0 Å². The van der Waals surface area contributed by atoms with Gasteiger partial charge in [-0.25, -0.2) is 10.1 Å². The number of hydrogen-bond donors (Lipinski definition) is 3. The zero-order valence-electron chi connectivity index (χ0n) is 16.1. The fourth-order valence-electron chi connectivity index (χ4n) is 2.32. The van der Waals surface area contributed by atoms with Gasteiger partial charge >= 0.3 is 0 Å². The zero-order chi connectivity index (χ0) is 20.6. The number of hydrogen-bond acceptors (Lipinski definition) is 8. The SMILES string of the molecule is CN(C)c1ccc(/C=N/Nc2nnc(SCC(=O)Nc3ccccc3)n2N)cc1. The average Bonchev–Trinajstić information content (AvgIpc) is 3.07. The summed E-state index contributed by atoms with van der Waals surface area (Å²) in [5.41, 5.74) is 5.53. The molecule has 0 radical (unpaired) electrons. The molecule has 0 saturated carbocycles. The lowest BCUT2D eigenvalue weighted by Crippen LogP contribution is -2.16. The van der Waals surface area contributed by atoms with Crippen molar-refractivity contribution in [3.63, 3.8) is 0 Å². The van der Waals surface area contributed by atoms with Crippen molar-refractivity contribution in [2.75, 3.05) is 41.3 Å². The van der Waals surface area contributed by atoms with Crippen LogP contribution in [-0.4, -0.2) is 46.8 Å². The predicted molar refractivity (Wildman–Crippen MR) is 118 cm³/mol. The van der Waals surface area contributed by atoms with Crippen LogP contribution in [-0.2, 0) is 4.79 Å². The second-order valence-electron chi connectivity index (χ2n) is 6.24. The quantitative estimate of drug-likeness (QED) is 0.226. The molecule has 4 N–H and O–H groups in total. The van der Waals surface area contributed by atoms with Crippen LogP contribution in [0.25, 0.3) is 0 Å². The molecule has 0 bridgehead atoms. The molecule has 0 atom stereocenters. The number of thioether (sulfide) groups is 1. The molecule has 29 heavy (non-hydrogen) atoms. The first-order valence-corrected chi connectivity index (χ1v) is 9.76. The van der Waals surface area contributed by atoms with Gasteiger partial charge in [0.25, 0.3) is 5.95 Å². The van der Waals surface area contributed by atoms with Crippen LogP contribution < -0.4 is 21.5 Å². The molecule has 1 aromatic heterocycles. The summed E-state index contributed by atoms with van der Waals surface area (Å²) in [6.07, 6.45) is 1.66. The minimum Gasteiger partial charge on any atom is -0.378 e. The summed E-state index contributed by atoms with van der Waals surface area (Å²) in [5.74, 6) is 6.25. The number of benzene rings is 2. The summed E-state index contributed by atoms with van der Waals surface area (Å²) >= 11 is 1.19. The van der Waals surface area contributed by atoms with E-state index in [1.54, 1.807) is 6.21 Å². The highest BCUT2D eigenvalue weighted by atomic mass is 32.2. The molecule has 0 saturated heterocycles. The standard InChI is InChI=1S/C19H22N8OS/c1-26(2)16-10-8-14(9-11-16)12-21-23-18-24-25-19(27(18)20)29-13-17(28)22-15-6-4-3-5-7-15/h3-12H,13,20H2,1-2H3,(H,22,28)(H,23,24)/b21-12+. The lowest BCUT2D eigenvalue weighted by atomic mass is 10.2. The zero-order valence-corrected chi connectivity index (χ0v) is 16.9. The molecule has 1 heterocycles. The lowest BCUT2D eigenvalue weighted by Gasteiger charge is -2.11. The number of nitrogens with one attached hydrogen (secondary N) is 2. The Morgan fingerprint density at radius 3 is 2.59 bits per heavy atom. The van der Waals surface area contributed by atoms with Crippen molar-refractivity contribution in [2.45, 2.75) is 5.16 Å². The number of nitrogens with two attached hydrogens (primary N) is 1. The van der Waals surface area contributed by atoms with Gasteiger partial charge in [0, 0.05) is 25.5 Å². The van der Waals surface area contributed by atoms with E-state index < -0.39 is 0 Å². The Hall–Kier alpha value is -3.53. The third-order valence-electron chi connectivity index (χ3n) is 3.84. The van der Waals surface area contributed by atoms with Crippen molar-refractivity contribution in [2.24, 2.45) is 5.10 Å². The smallest absolute Gasteiger partial charge is 0.264 e. The monoisotopic (exact) mass is 410 g/mol. The third kappa shape index (κ3) is 5.72. The molecule has 0 fully saturated rings. The van der Waals surface area contributed by atoms with E-state index in [0.29, 0.717) is 5.16 Å². The van der Waals surface area contributed by atoms with Crippen LogP contribution in [0.15, 0.2) is 64.9 Å². The van der Waals surface area contributed by atoms with Gasteiger partial charge in [0.1, 0.15) is 0 Å². The van der Waals surface area contributed by atoms with Gasteiger partial charge in [0.15, 0.2) is 0 Å². The second kappa shape index (κ2) is 9.60. The molecule has 0 aliphatic heterocycles. The molecule has 0 unspecified atom stereocenters. The van der Waals surface area contributed by atoms with Crippen molar-refractivity contribution in [1.82, 2.24) is 14.9 Å². The molecule has 3 aromatic rings. The summed E-state index contributed by atoms with van der Waals surface area (Å²) in [6, 6.07) is 17.2. The Kier molecular flexibility index (Phi) is 6.69. The van der Waals surface area contributed by atoms with E-state index in [1.165, 1.54) is 16.4 Å². The first-order chi connectivity index (χ1) is 14.0. The van der Waals surface area contributed by atoms with Crippen LogP contribution in [0.1, 0.15) is 5.56 Å². The summed E-state index contributed by atoms with van der Waals surface area (Å²) in [6.45, 7) is 0. The summed E-state index contributed by atoms with van der Waals surface area (Å²) < 4.78 is 1.26. The minimum atomic E-state index is -0.155. The number of aromatic nitrogens is 3. The van der Waals surface area contributed by atoms with E-state index in [9.17, 15) is 4.79 Å². The normalized spacial score (nSPS) is 10.8. The fourth-order valence-corrected chi connectivity index (χ4v) is 2.98. The van der Waals surface area contributed by atoms with E-state index in [2.05, 4.69) is 26.0 Å². The molecule has 10 heteroatoms. The first kappa shape index (κ1) is 20.2. The van der Waals surface area contributed by atoms with Crippen molar-refractivity contribution >= 4 is 41.2 Å². The molecule has 0 aliphatic carbocycles.